The van der Waals surface area contributed by atoms with Crippen LogP contribution in [0.3, 0.4) is 0 Å². The third kappa shape index (κ3) is 5.57. The molecule has 0 unspecified atom stereocenters. The van der Waals surface area contributed by atoms with Crippen LogP contribution in [0.5, 0.6) is 0 Å². The van der Waals surface area contributed by atoms with Crippen LogP contribution in [0.4, 0.5) is 0 Å². The molecule has 0 atom stereocenters. The summed E-state index contributed by atoms with van der Waals surface area (Å²) in [5.41, 5.74) is 7.98. The first-order valence-corrected chi connectivity index (χ1v) is 7.76. The Hall–Kier alpha value is -1.15. The van der Waals surface area contributed by atoms with Gasteiger partial charge < -0.3 is 11.1 Å². The van der Waals surface area contributed by atoms with Crippen LogP contribution < -0.4 is 11.1 Å². The van der Waals surface area contributed by atoms with Crippen LogP contribution in [0.2, 0.25) is 0 Å². The van der Waals surface area contributed by atoms with Crippen molar-refractivity contribution >= 4 is 41.3 Å². The highest BCUT2D eigenvalue weighted by molar-refractivity contribution is 14.0. The number of thiazole rings is 1. The fourth-order valence-electron chi connectivity index (χ4n) is 1.86. The Bertz CT molecular complexity index is 629. The lowest BCUT2D eigenvalue weighted by Crippen LogP contribution is -2.44. The molecule has 1 heterocycles. The van der Waals surface area contributed by atoms with E-state index in [9.17, 15) is 0 Å². The first-order valence-electron chi connectivity index (χ1n) is 6.95. The minimum absolute atomic E-state index is 0. The van der Waals surface area contributed by atoms with E-state index in [2.05, 4.69) is 48.2 Å². The minimum Gasteiger partial charge on any atom is -0.370 e. The van der Waals surface area contributed by atoms with Gasteiger partial charge in [-0.3, -0.25) is 0 Å². The van der Waals surface area contributed by atoms with Crippen LogP contribution in [-0.2, 0) is 6.54 Å². The third-order valence-electron chi connectivity index (χ3n) is 2.81. The molecule has 0 aliphatic carbocycles. The number of guanidine groups is 1. The fraction of sp³-hybridized carbons (Fsp3) is 0.375. The van der Waals surface area contributed by atoms with E-state index in [4.69, 9.17) is 5.73 Å². The Morgan fingerprint density at radius 2 is 1.91 bits per heavy atom. The number of nitrogens with two attached hydrogens (primary N) is 1. The van der Waals surface area contributed by atoms with Crippen molar-refractivity contribution in [2.24, 2.45) is 10.7 Å². The Labute approximate surface area is 153 Å². The van der Waals surface area contributed by atoms with E-state index in [0.29, 0.717) is 12.5 Å². The average Bonchev–Trinajstić information content (AvgIpc) is 2.77. The van der Waals surface area contributed by atoms with Crippen molar-refractivity contribution in [3.8, 4) is 10.6 Å². The second-order valence-corrected chi connectivity index (χ2v) is 7.05. The normalized spacial score (nSPS) is 11.9. The van der Waals surface area contributed by atoms with Crippen molar-refractivity contribution in [1.29, 1.82) is 0 Å². The highest BCUT2D eigenvalue weighted by atomic mass is 127. The van der Waals surface area contributed by atoms with Gasteiger partial charge in [-0.25, -0.2) is 9.98 Å². The van der Waals surface area contributed by atoms with Crippen LogP contribution in [0.15, 0.2) is 35.3 Å². The van der Waals surface area contributed by atoms with E-state index in [1.165, 1.54) is 0 Å². The van der Waals surface area contributed by atoms with Gasteiger partial charge in [0.05, 0.1) is 12.2 Å². The zero-order valence-corrected chi connectivity index (χ0v) is 16.5. The molecule has 0 amide bonds. The van der Waals surface area contributed by atoms with E-state index in [0.717, 1.165) is 21.1 Å². The molecule has 4 nitrogen and oxygen atoms in total. The quantitative estimate of drug-likeness (QED) is 0.441. The molecule has 1 aromatic carbocycles. The molecule has 0 saturated heterocycles. The van der Waals surface area contributed by atoms with Gasteiger partial charge in [-0.2, -0.15) is 0 Å². The SMILES string of the molecule is Cc1nc(-c2ccccc2)sc1CN=C(N)NC(C)(C)C.I. The third-order valence-corrected chi connectivity index (χ3v) is 4.00. The monoisotopic (exact) mass is 430 g/mol. The maximum Gasteiger partial charge on any atom is 0.189 e. The summed E-state index contributed by atoms with van der Waals surface area (Å²) in [5, 5.41) is 4.19. The van der Waals surface area contributed by atoms with Gasteiger partial charge in [0.15, 0.2) is 5.96 Å². The summed E-state index contributed by atoms with van der Waals surface area (Å²) in [6.45, 7) is 8.74. The number of aromatic nitrogens is 1. The van der Waals surface area contributed by atoms with Gasteiger partial charge in [-0.1, -0.05) is 30.3 Å². The van der Waals surface area contributed by atoms with Crippen molar-refractivity contribution in [1.82, 2.24) is 10.3 Å². The molecular formula is C16H23IN4S. The number of halogens is 1. The summed E-state index contributed by atoms with van der Waals surface area (Å²) in [7, 11) is 0. The summed E-state index contributed by atoms with van der Waals surface area (Å²) in [6.07, 6.45) is 0. The van der Waals surface area contributed by atoms with Crippen LogP contribution >= 0.6 is 35.3 Å². The highest BCUT2D eigenvalue weighted by Gasteiger charge is 2.11. The topological polar surface area (TPSA) is 63.3 Å². The van der Waals surface area contributed by atoms with E-state index >= 15 is 0 Å². The standard InChI is InChI=1S/C16H22N4S.HI/c1-11-13(10-18-15(17)20-16(2,3)4)21-14(19-11)12-8-6-5-7-9-12;/h5-9H,10H2,1-4H3,(H3,17,18,20);1H. The first-order chi connectivity index (χ1) is 9.85. The average molecular weight is 430 g/mol. The number of aryl methyl sites for hydroxylation is 1. The van der Waals surface area contributed by atoms with Crippen LogP contribution in [0.25, 0.3) is 10.6 Å². The molecule has 1 aromatic heterocycles. The van der Waals surface area contributed by atoms with Crippen LogP contribution in [0, 0.1) is 6.92 Å². The van der Waals surface area contributed by atoms with Crippen LogP contribution in [0.1, 0.15) is 31.3 Å². The summed E-state index contributed by atoms with van der Waals surface area (Å²) in [5.74, 6) is 0.469. The van der Waals surface area contributed by atoms with Crippen molar-refractivity contribution in [3.63, 3.8) is 0 Å². The first kappa shape index (κ1) is 18.9. The van der Waals surface area contributed by atoms with Crippen molar-refractivity contribution in [2.75, 3.05) is 0 Å². The molecule has 0 aliphatic rings. The maximum absolute atomic E-state index is 5.90. The molecular weight excluding hydrogens is 407 g/mol. The van der Waals surface area contributed by atoms with E-state index in [-0.39, 0.29) is 29.5 Å². The molecule has 0 fully saturated rings. The van der Waals surface area contributed by atoms with Crippen molar-refractivity contribution < 1.29 is 0 Å². The maximum atomic E-state index is 5.90. The smallest absolute Gasteiger partial charge is 0.189 e. The lowest BCUT2D eigenvalue weighted by molar-refractivity contribution is 0.508. The largest absolute Gasteiger partial charge is 0.370 e. The summed E-state index contributed by atoms with van der Waals surface area (Å²) in [6, 6.07) is 10.2. The van der Waals surface area contributed by atoms with Gasteiger partial charge in [-0.05, 0) is 27.7 Å². The molecule has 0 radical (unpaired) electrons. The zero-order valence-electron chi connectivity index (χ0n) is 13.4. The van der Waals surface area contributed by atoms with Gasteiger partial charge in [0.1, 0.15) is 5.01 Å². The Morgan fingerprint density at radius 1 is 1.27 bits per heavy atom. The molecule has 0 bridgehead atoms. The molecule has 2 rings (SSSR count). The minimum atomic E-state index is -0.0779. The Kier molecular flexibility index (Phi) is 6.80. The van der Waals surface area contributed by atoms with Gasteiger partial charge >= 0.3 is 0 Å². The lowest BCUT2D eigenvalue weighted by Gasteiger charge is -2.20. The zero-order chi connectivity index (χ0) is 15.5. The summed E-state index contributed by atoms with van der Waals surface area (Å²) in [4.78, 5) is 10.2. The molecule has 120 valence electrons. The Balaban J connectivity index is 0.00000242. The fourth-order valence-corrected chi connectivity index (χ4v) is 2.85. The van der Waals surface area contributed by atoms with Crippen LogP contribution in [-0.4, -0.2) is 16.5 Å². The molecule has 2 aromatic rings. The number of nitrogens with one attached hydrogen (secondary N) is 1. The second kappa shape index (κ2) is 7.92. The Morgan fingerprint density at radius 3 is 2.50 bits per heavy atom. The molecule has 0 saturated carbocycles. The second-order valence-electron chi connectivity index (χ2n) is 5.97. The molecule has 6 heteroatoms. The predicted molar refractivity (Wildman–Crippen MR) is 106 cm³/mol. The van der Waals surface area contributed by atoms with Gasteiger partial charge in [0, 0.05) is 16.0 Å². The highest BCUT2D eigenvalue weighted by Crippen LogP contribution is 2.28. The van der Waals surface area contributed by atoms with Crippen molar-refractivity contribution in [2.45, 2.75) is 39.8 Å². The number of benzene rings is 1. The number of aliphatic imine (C=N–C) groups is 1. The molecule has 3 N–H and O–H groups in total. The summed E-state index contributed by atoms with van der Waals surface area (Å²) < 4.78 is 0. The van der Waals surface area contributed by atoms with E-state index < -0.39 is 0 Å². The number of rotatable bonds is 3. The summed E-state index contributed by atoms with van der Waals surface area (Å²) >= 11 is 1.67. The predicted octanol–water partition coefficient (Wildman–Crippen LogP) is 3.94. The number of nitrogens with zero attached hydrogens (tertiary/aromatic N) is 2. The number of hydrogen-bond acceptors (Lipinski definition) is 3. The molecule has 0 aliphatic heterocycles. The van der Waals surface area contributed by atoms with Gasteiger partial charge in [0.25, 0.3) is 0 Å². The molecule has 0 spiro atoms. The van der Waals surface area contributed by atoms with E-state index in [1.54, 1.807) is 11.3 Å². The lowest BCUT2D eigenvalue weighted by atomic mass is 10.1. The molecule has 22 heavy (non-hydrogen) atoms. The van der Waals surface area contributed by atoms with Gasteiger partial charge in [0.2, 0.25) is 0 Å². The van der Waals surface area contributed by atoms with Gasteiger partial charge in [-0.15, -0.1) is 35.3 Å². The van der Waals surface area contributed by atoms with Crippen molar-refractivity contribution in [3.05, 3.63) is 40.9 Å². The van der Waals surface area contributed by atoms with E-state index in [1.807, 2.05) is 25.1 Å². The number of hydrogen-bond donors (Lipinski definition) is 2.